The predicted octanol–water partition coefficient (Wildman–Crippen LogP) is 13.9. The van der Waals surface area contributed by atoms with Crippen LogP contribution >= 0.6 is 0 Å². The van der Waals surface area contributed by atoms with Crippen LogP contribution in [0, 0.1) is 0 Å². The first-order chi connectivity index (χ1) is 24.7. The Hall–Kier alpha value is -5.92. The van der Waals surface area contributed by atoms with Gasteiger partial charge in [0.15, 0.2) is 0 Å². The van der Waals surface area contributed by atoms with Crippen LogP contribution in [-0.4, -0.2) is 0 Å². The molecule has 0 aliphatic heterocycles. The molecule has 8 aromatic rings. The molecule has 0 unspecified atom stereocenters. The number of benzene rings is 8. The van der Waals surface area contributed by atoms with Crippen molar-refractivity contribution in [2.24, 2.45) is 0 Å². The summed E-state index contributed by atoms with van der Waals surface area (Å²) in [4.78, 5) is 2.55. The van der Waals surface area contributed by atoms with Crippen LogP contribution in [0.25, 0.3) is 54.9 Å². The molecule has 0 atom stereocenters. The summed E-state index contributed by atoms with van der Waals surface area (Å²) in [6.45, 7) is 4.72. The van der Waals surface area contributed by atoms with Gasteiger partial charge >= 0.3 is 0 Å². The Balaban J connectivity index is 1.34. The largest absolute Gasteiger partial charge is 0.309 e. The fourth-order valence-electron chi connectivity index (χ4n) is 8.67. The lowest BCUT2D eigenvalue weighted by atomic mass is 9.73. The summed E-state index contributed by atoms with van der Waals surface area (Å²) in [5.74, 6) is 0. The van der Waals surface area contributed by atoms with Crippen molar-refractivity contribution in [1.29, 1.82) is 0 Å². The van der Waals surface area contributed by atoms with Crippen molar-refractivity contribution in [1.82, 2.24) is 0 Å². The minimum absolute atomic E-state index is 0.0415. The second-order valence-electron chi connectivity index (χ2n) is 13.5. The van der Waals surface area contributed by atoms with E-state index >= 15 is 0 Å². The first-order valence-corrected chi connectivity index (χ1v) is 17.9. The summed E-state index contributed by atoms with van der Waals surface area (Å²) in [7, 11) is 0. The second-order valence-corrected chi connectivity index (χ2v) is 13.5. The summed E-state index contributed by atoms with van der Waals surface area (Å²) in [5.41, 5.74) is 14.0. The molecule has 9 rings (SSSR count). The molecule has 240 valence electrons. The summed E-state index contributed by atoms with van der Waals surface area (Å²) in [6, 6.07) is 64.8. The maximum absolute atomic E-state index is 2.55. The number of fused-ring (bicyclic) bond motifs is 5. The van der Waals surface area contributed by atoms with Crippen molar-refractivity contribution < 1.29 is 0 Å². The SMILES string of the molecule is CCC1(CC)c2ccccc2-c2c1cc1ccccc1c2N(c1ccc(-c2ccccc2-c2ccccc2)cc1)c1cccc2ccccc12. The summed E-state index contributed by atoms with van der Waals surface area (Å²) in [6.07, 6.45) is 2.10. The van der Waals surface area contributed by atoms with E-state index in [-0.39, 0.29) is 5.41 Å². The number of hydrogen-bond donors (Lipinski definition) is 0. The Bertz CT molecular complexity index is 2500. The monoisotopic (exact) mass is 641 g/mol. The van der Waals surface area contributed by atoms with Gasteiger partial charge in [-0.15, -0.1) is 0 Å². The first-order valence-electron chi connectivity index (χ1n) is 17.9. The number of hydrogen-bond acceptors (Lipinski definition) is 1. The molecule has 0 saturated heterocycles. The number of anilines is 3. The Morgan fingerprint density at radius 3 is 1.72 bits per heavy atom. The van der Waals surface area contributed by atoms with Crippen molar-refractivity contribution in [3.8, 4) is 33.4 Å². The lowest BCUT2D eigenvalue weighted by Gasteiger charge is -2.33. The Labute approximate surface area is 295 Å². The van der Waals surface area contributed by atoms with Crippen molar-refractivity contribution in [3.63, 3.8) is 0 Å². The van der Waals surface area contributed by atoms with Crippen LogP contribution in [0.3, 0.4) is 0 Å². The minimum atomic E-state index is -0.0415. The van der Waals surface area contributed by atoms with E-state index in [1.54, 1.807) is 0 Å². The lowest BCUT2D eigenvalue weighted by Crippen LogP contribution is -2.23. The van der Waals surface area contributed by atoms with E-state index in [0.717, 1.165) is 18.5 Å². The van der Waals surface area contributed by atoms with E-state index in [1.165, 1.54) is 77.4 Å². The molecule has 0 spiro atoms. The van der Waals surface area contributed by atoms with Gasteiger partial charge in [0.2, 0.25) is 0 Å². The van der Waals surface area contributed by atoms with Crippen molar-refractivity contribution in [2.75, 3.05) is 4.90 Å². The molecular formula is C49H39N. The van der Waals surface area contributed by atoms with Gasteiger partial charge in [0.05, 0.1) is 11.4 Å². The summed E-state index contributed by atoms with van der Waals surface area (Å²) in [5, 5.41) is 5.00. The van der Waals surface area contributed by atoms with Gasteiger partial charge in [-0.2, -0.15) is 0 Å². The molecule has 1 nitrogen and oxygen atoms in total. The molecule has 0 fully saturated rings. The van der Waals surface area contributed by atoms with Gasteiger partial charge in [-0.3, -0.25) is 0 Å². The molecule has 1 aliphatic carbocycles. The predicted molar refractivity (Wildman–Crippen MR) is 214 cm³/mol. The van der Waals surface area contributed by atoms with Gasteiger partial charge in [0, 0.05) is 27.4 Å². The first kappa shape index (κ1) is 30.2. The van der Waals surface area contributed by atoms with Crippen molar-refractivity contribution in [3.05, 3.63) is 187 Å². The molecule has 0 bridgehead atoms. The number of nitrogens with zero attached hydrogens (tertiary/aromatic N) is 1. The molecule has 0 saturated carbocycles. The standard InChI is InChI=1S/C49H39N/c1-3-49(4-2)44-27-15-14-26-43(44)47-45(49)33-37-20-9-11-25-42(37)48(47)50(46-28-16-21-35-19-8-10-24-41(35)46)38-31-29-36(30-32-38)40-23-13-12-22-39(40)34-17-6-5-7-18-34/h5-33H,3-4H2,1-2H3. The maximum Gasteiger partial charge on any atom is 0.0621 e. The van der Waals surface area contributed by atoms with Gasteiger partial charge < -0.3 is 4.90 Å². The van der Waals surface area contributed by atoms with Gasteiger partial charge in [-0.1, -0.05) is 166 Å². The lowest BCUT2D eigenvalue weighted by molar-refractivity contribution is 0.491. The molecule has 1 aliphatic rings. The molecule has 0 heterocycles. The number of rotatable bonds is 7. The van der Waals surface area contributed by atoms with E-state index < -0.39 is 0 Å². The smallest absolute Gasteiger partial charge is 0.0621 e. The highest BCUT2D eigenvalue weighted by atomic mass is 15.1. The van der Waals surface area contributed by atoms with Crippen LogP contribution in [0.15, 0.2) is 176 Å². The van der Waals surface area contributed by atoms with Crippen LogP contribution < -0.4 is 4.90 Å². The van der Waals surface area contributed by atoms with Gasteiger partial charge in [0.1, 0.15) is 0 Å². The highest BCUT2D eigenvalue weighted by Crippen LogP contribution is 2.59. The third kappa shape index (κ3) is 4.61. The zero-order valence-electron chi connectivity index (χ0n) is 28.6. The molecule has 0 radical (unpaired) electrons. The zero-order chi connectivity index (χ0) is 33.7. The average Bonchev–Trinajstić information content (AvgIpc) is 3.47. The third-order valence-electron chi connectivity index (χ3n) is 11.1. The Kier molecular flexibility index (Phi) is 7.36. The quantitative estimate of drug-likeness (QED) is 0.167. The molecule has 50 heavy (non-hydrogen) atoms. The summed E-state index contributed by atoms with van der Waals surface area (Å²) >= 11 is 0. The molecule has 1 heteroatoms. The molecule has 8 aromatic carbocycles. The Morgan fingerprint density at radius 1 is 0.440 bits per heavy atom. The highest BCUT2D eigenvalue weighted by molar-refractivity contribution is 6.12. The second kappa shape index (κ2) is 12.2. The topological polar surface area (TPSA) is 3.24 Å². The van der Waals surface area contributed by atoms with Gasteiger partial charge in [0.25, 0.3) is 0 Å². The normalized spacial score (nSPS) is 12.9. The molecule has 0 amide bonds. The zero-order valence-corrected chi connectivity index (χ0v) is 28.6. The van der Waals surface area contributed by atoms with Crippen LogP contribution in [0.5, 0.6) is 0 Å². The van der Waals surface area contributed by atoms with Crippen LogP contribution in [-0.2, 0) is 5.41 Å². The van der Waals surface area contributed by atoms with E-state index in [1.807, 2.05) is 0 Å². The van der Waals surface area contributed by atoms with E-state index in [4.69, 9.17) is 0 Å². The van der Waals surface area contributed by atoms with Crippen LogP contribution in [0.2, 0.25) is 0 Å². The fraction of sp³-hybridized carbons (Fsp3) is 0.102. The maximum atomic E-state index is 2.55. The summed E-state index contributed by atoms with van der Waals surface area (Å²) < 4.78 is 0. The van der Waals surface area contributed by atoms with Crippen LogP contribution in [0.4, 0.5) is 17.1 Å². The van der Waals surface area contributed by atoms with Gasteiger partial charge in [-0.25, -0.2) is 0 Å². The molecule has 0 N–H and O–H groups in total. The van der Waals surface area contributed by atoms with E-state index in [2.05, 4.69) is 195 Å². The van der Waals surface area contributed by atoms with Crippen LogP contribution in [0.1, 0.15) is 37.8 Å². The molecular weight excluding hydrogens is 603 g/mol. The fourth-order valence-corrected chi connectivity index (χ4v) is 8.67. The molecule has 0 aromatic heterocycles. The average molecular weight is 642 g/mol. The minimum Gasteiger partial charge on any atom is -0.309 e. The van der Waals surface area contributed by atoms with Crippen molar-refractivity contribution in [2.45, 2.75) is 32.1 Å². The Morgan fingerprint density at radius 2 is 1.00 bits per heavy atom. The van der Waals surface area contributed by atoms with Crippen molar-refractivity contribution >= 4 is 38.6 Å². The van der Waals surface area contributed by atoms with E-state index in [0.29, 0.717) is 0 Å². The van der Waals surface area contributed by atoms with E-state index in [9.17, 15) is 0 Å². The third-order valence-corrected chi connectivity index (χ3v) is 11.1. The van der Waals surface area contributed by atoms with Gasteiger partial charge in [-0.05, 0) is 86.8 Å². The highest BCUT2D eigenvalue weighted by Gasteiger charge is 2.43.